The molecule has 0 unspecified atom stereocenters. The summed E-state index contributed by atoms with van der Waals surface area (Å²) in [5, 5.41) is 12.4. The maximum absolute atomic E-state index is 12.1. The molecule has 0 saturated heterocycles. The van der Waals surface area contributed by atoms with Crippen LogP contribution in [-0.4, -0.2) is 50.9 Å². The van der Waals surface area contributed by atoms with Crippen LogP contribution in [0.15, 0.2) is 29.2 Å². The van der Waals surface area contributed by atoms with E-state index in [0.29, 0.717) is 11.4 Å². The number of hydrogen-bond donors (Lipinski definition) is 3. The van der Waals surface area contributed by atoms with Crippen LogP contribution in [0.1, 0.15) is 6.92 Å². The Kier molecular flexibility index (Phi) is 6.66. The van der Waals surface area contributed by atoms with Crippen molar-refractivity contribution in [3.05, 3.63) is 24.3 Å². The fourth-order valence-electron chi connectivity index (χ4n) is 1.58. The third-order valence-electron chi connectivity index (χ3n) is 2.69. The van der Waals surface area contributed by atoms with Gasteiger partial charge in [-0.05, 0) is 37.4 Å². The Hall–Kier alpha value is -1.29. The van der Waals surface area contributed by atoms with Crippen molar-refractivity contribution in [3.63, 3.8) is 0 Å². The molecule has 0 aromatic heterocycles. The van der Waals surface area contributed by atoms with E-state index < -0.39 is 21.7 Å². The van der Waals surface area contributed by atoms with Crippen molar-refractivity contribution in [3.8, 4) is 0 Å². The van der Waals surface area contributed by atoms with Gasteiger partial charge in [0.05, 0.1) is 17.6 Å². The molecular weight excluding hydrogens is 328 g/mol. The molecule has 1 amide bonds. The SMILES string of the molecule is COC(=O)Nc1ccc(S(=O)(=O)NC[C@](C)(O)CSC)cc1. The maximum Gasteiger partial charge on any atom is 0.411 e. The van der Waals surface area contributed by atoms with E-state index in [1.54, 1.807) is 6.92 Å². The van der Waals surface area contributed by atoms with Crippen molar-refractivity contribution in [2.75, 3.05) is 31.0 Å². The van der Waals surface area contributed by atoms with Crippen LogP contribution in [0.3, 0.4) is 0 Å². The van der Waals surface area contributed by atoms with Gasteiger partial charge < -0.3 is 9.84 Å². The summed E-state index contributed by atoms with van der Waals surface area (Å²) in [6, 6.07) is 5.62. The highest BCUT2D eigenvalue weighted by Crippen LogP contribution is 2.15. The van der Waals surface area contributed by atoms with Crippen molar-refractivity contribution < 1.29 is 23.1 Å². The van der Waals surface area contributed by atoms with Crippen molar-refractivity contribution in [2.24, 2.45) is 0 Å². The smallest absolute Gasteiger partial charge is 0.411 e. The van der Waals surface area contributed by atoms with Gasteiger partial charge in [0.25, 0.3) is 0 Å². The third-order valence-corrected chi connectivity index (χ3v) is 5.02. The second-order valence-corrected chi connectivity index (χ2v) is 7.53. The fraction of sp³-hybridized carbons (Fsp3) is 0.462. The monoisotopic (exact) mass is 348 g/mol. The number of carbonyl (C=O) groups is 1. The van der Waals surface area contributed by atoms with Crippen LogP contribution in [-0.2, 0) is 14.8 Å². The molecule has 0 saturated carbocycles. The standard InChI is InChI=1S/C13H20N2O5S2/c1-13(17,9-21-3)8-14-22(18,19)11-6-4-10(5-7-11)15-12(16)20-2/h4-7,14,17H,8-9H2,1-3H3,(H,15,16)/t13-/m0/s1. The summed E-state index contributed by atoms with van der Waals surface area (Å²) in [6.45, 7) is 1.48. The van der Waals surface area contributed by atoms with Crippen molar-refractivity contribution in [1.82, 2.24) is 4.72 Å². The summed E-state index contributed by atoms with van der Waals surface area (Å²) in [5.41, 5.74) is -0.709. The van der Waals surface area contributed by atoms with Crippen molar-refractivity contribution >= 4 is 33.6 Å². The summed E-state index contributed by atoms with van der Waals surface area (Å²) in [7, 11) is -2.49. The number of rotatable bonds is 7. The minimum atomic E-state index is -3.73. The predicted octanol–water partition coefficient (Wildman–Crippen LogP) is 1.26. The van der Waals surface area contributed by atoms with Gasteiger partial charge in [0.15, 0.2) is 0 Å². The van der Waals surface area contributed by atoms with E-state index in [1.807, 2.05) is 6.26 Å². The van der Waals surface area contributed by atoms with Crippen LogP contribution in [0.5, 0.6) is 0 Å². The van der Waals surface area contributed by atoms with Gasteiger partial charge in [-0.25, -0.2) is 17.9 Å². The lowest BCUT2D eigenvalue weighted by molar-refractivity contribution is 0.0908. The summed E-state index contributed by atoms with van der Waals surface area (Å²) < 4.78 is 31.1. The third kappa shape index (κ3) is 5.84. The molecule has 22 heavy (non-hydrogen) atoms. The number of hydrogen-bond acceptors (Lipinski definition) is 6. The van der Waals surface area contributed by atoms with E-state index in [0.717, 1.165) is 0 Å². The van der Waals surface area contributed by atoms with E-state index in [2.05, 4.69) is 14.8 Å². The number of benzene rings is 1. The largest absolute Gasteiger partial charge is 0.453 e. The van der Waals surface area contributed by atoms with Gasteiger partial charge >= 0.3 is 6.09 Å². The molecule has 9 heteroatoms. The number of amides is 1. The topological polar surface area (TPSA) is 105 Å². The molecule has 0 fully saturated rings. The molecule has 1 atom stereocenters. The molecule has 0 aliphatic carbocycles. The van der Waals surface area contributed by atoms with E-state index in [9.17, 15) is 18.3 Å². The summed E-state index contributed by atoms with van der Waals surface area (Å²) in [6.07, 6.45) is 1.19. The van der Waals surface area contributed by atoms with Crippen LogP contribution in [0, 0.1) is 0 Å². The van der Waals surface area contributed by atoms with Crippen LogP contribution in [0.2, 0.25) is 0 Å². The Morgan fingerprint density at radius 3 is 2.45 bits per heavy atom. The Morgan fingerprint density at radius 2 is 1.95 bits per heavy atom. The van der Waals surface area contributed by atoms with E-state index in [-0.39, 0.29) is 11.4 Å². The zero-order chi connectivity index (χ0) is 16.8. The van der Waals surface area contributed by atoms with Gasteiger partial charge in [0.1, 0.15) is 0 Å². The highest BCUT2D eigenvalue weighted by Gasteiger charge is 2.23. The normalized spacial score (nSPS) is 14.2. The molecule has 0 aliphatic rings. The minimum absolute atomic E-state index is 0.0443. The fourth-order valence-corrected chi connectivity index (χ4v) is 3.47. The van der Waals surface area contributed by atoms with Crippen LogP contribution in [0.4, 0.5) is 10.5 Å². The second kappa shape index (κ2) is 7.82. The van der Waals surface area contributed by atoms with Gasteiger partial charge in [-0.2, -0.15) is 11.8 Å². The summed E-state index contributed by atoms with van der Waals surface area (Å²) in [4.78, 5) is 11.1. The number of nitrogens with one attached hydrogen (secondary N) is 2. The predicted molar refractivity (Wildman–Crippen MR) is 86.7 cm³/mol. The minimum Gasteiger partial charge on any atom is -0.453 e. The second-order valence-electron chi connectivity index (χ2n) is 4.90. The van der Waals surface area contributed by atoms with Crippen LogP contribution >= 0.6 is 11.8 Å². The Balaban J connectivity index is 2.75. The van der Waals surface area contributed by atoms with E-state index >= 15 is 0 Å². The first kappa shape index (κ1) is 18.8. The Labute approximate surface area is 134 Å². The molecule has 0 spiro atoms. The lowest BCUT2D eigenvalue weighted by Crippen LogP contribution is -2.42. The molecule has 1 aromatic carbocycles. The van der Waals surface area contributed by atoms with Gasteiger partial charge in [0, 0.05) is 18.0 Å². The molecule has 7 nitrogen and oxygen atoms in total. The molecule has 1 aromatic rings. The number of ether oxygens (including phenoxy) is 1. The van der Waals surface area contributed by atoms with Gasteiger partial charge in [0.2, 0.25) is 10.0 Å². The molecule has 1 rings (SSSR count). The lowest BCUT2D eigenvalue weighted by Gasteiger charge is -2.22. The average molecular weight is 348 g/mol. The molecule has 3 N–H and O–H groups in total. The summed E-state index contributed by atoms with van der Waals surface area (Å²) in [5.74, 6) is 0.414. The number of thioether (sulfide) groups is 1. The number of carbonyl (C=O) groups excluding carboxylic acids is 1. The first-order valence-corrected chi connectivity index (χ1v) is 9.24. The van der Waals surface area contributed by atoms with Gasteiger partial charge in [-0.15, -0.1) is 0 Å². The number of methoxy groups -OCH3 is 1. The Bertz CT molecular complexity index is 599. The average Bonchev–Trinajstić information content (AvgIpc) is 2.46. The Morgan fingerprint density at radius 1 is 1.36 bits per heavy atom. The highest BCUT2D eigenvalue weighted by molar-refractivity contribution is 7.98. The van der Waals surface area contributed by atoms with E-state index in [4.69, 9.17) is 0 Å². The van der Waals surface area contributed by atoms with E-state index in [1.165, 1.54) is 43.1 Å². The molecule has 0 aliphatic heterocycles. The maximum atomic E-state index is 12.1. The number of anilines is 1. The van der Waals surface area contributed by atoms with Crippen molar-refractivity contribution in [1.29, 1.82) is 0 Å². The van der Waals surface area contributed by atoms with Gasteiger partial charge in [-0.3, -0.25) is 5.32 Å². The molecular formula is C13H20N2O5S2. The highest BCUT2D eigenvalue weighted by atomic mass is 32.2. The lowest BCUT2D eigenvalue weighted by atomic mass is 10.1. The molecule has 124 valence electrons. The number of sulfonamides is 1. The first-order valence-electron chi connectivity index (χ1n) is 6.36. The van der Waals surface area contributed by atoms with Crippen molar-refractivity contribution in [2.45, 2.75) is 17.4 Å². The quantitative estimate of drug-likeness (QED) is 0.685. The molecule has 0 bridgehead atoms. The van der Waals surface area contributed by atoms with Crippen LogP contribution in [0.25, 0.3) is 0 Å². The molecule has 0 heterocycles. The zero-order valence-electron chi connectivity index (χ0n) is 12.6. The van der Waals surface area contributed by atoms with Gasteiger partial charge in [-0.1, -0.05) is 0 Å². The zero-order valence-corrected chi connectivity index (χ0v) is 14.3. The number of aliphatic hydroxyl groups is 1. The van der Waals surface area contributed by atoms with Crippen LogP contribution < -0.4 is 10.0 Å². The summed E-state index contributed by atoms with van der Waals surface area (Å²) >= 11 is 1.43. The molecule has 0 radical (unpaired) electrons. The first-order chi connectivity index (χ1) is 10.2.